The molecule has 0 saturated carbocycles. The number of allylic oxidation sites excluding steroid dienone is 3. The minimum atomic E-state index is -4.63. The van der Waals surface area contributed by atoms with E-state index in [1.54, 1.807) is 31.2 Å². The van der Waals surface area contributed by atoms with Crippen LogP contribution < -0.4 is 20.5 Å². The van der Waals surface area contributed by atoms with Gasteiger partial charge in [0.05, 0.1) is 17.3 Å². The number of carboxylic acids is 1. The number of carbonyl (C=O) groups is 1. The van der Waals surface area contributed by atoms with Crippen molar-refractivity contribution < 1.29 is 27.8 Å². The summed E-state index contributed by atoms with van der Waals surface area (Å²) in [7, 11) is 0. The highest BCUT2D eigenvalue weighted by atomic mass is 35.5. The fourth-order valence-corrected chi connectivity index (χ4v) is 5.29. The number of carboxylic acid groups (broad SMARTS) is 1. The Bertz CT molecular complexity index is 1790. The number of nitrogens with zero attached hydrogens (tertiary/aromatic N) is 1. The largest absolute Gasteiger partial charge is 0.476 e. The zero-order valence-electron chi connectivity index (χ0n) is 26.3. The van der Waals surface area contributed by atoms with Gasteiger partial charge in [-0.15, -0.1) is 0 Å². The second-order valence-corrected chi connectivity index (χ2v) is 12.0. The van der Waals surface area contributed by atoms with E-state index in [2.05, 4.69) is 43.7 Å². The predicted molar refractivity (Wildman–Crippen MR) is 176 cm³/mol. The zero-order valence-corrected chi connectivity index (χ0v) is 27.0. The van der Waals surface area contributed by atoms with Crippen LogP contribution in [0.2, 0.25) is 5.02 Å². The molecule has 2 N–H and O–H groups in total. The Balaban J connectivity index is 1.90. The second-order valence-electron chi connectivity index (χ2n) is 11.6. The molecule has 45 heavy (non-hydrogen) atoms. The Labute approximate surface area is 266 Å². The molecule has 9 heteroatoms. The molecule has 0 amide bonds. The molecule has 0 spiro atoms. The topological polar surface area (TPSA) is 71.5 Å². The Morgan fingerprint density at radius 1 is 1.13 bits per heavy atom. The molecule has 1 aromatic heterocycles. The highest BCUT2D eigenvalue weighted by Gasteiger charge is 2.35. The molecule has 0 aliphatic carbocycles. The number of anilines is 1. The van der Waals surface area contributed by atoms with Crippen LogP contribution in [0.4, 0.5) is 18.9 Å². The van der Waals surface area contributed by atoms with Gasteiger partial charge in [-0.25, -0.2) is 9.78 Å². The second kappa shape index (κ2) is 13.5. The first-order chi connectivity index (χ1) is 21.1. The quantitative estimate of drug-likeness (QED) is 0.245. The van der Waals surface area contributed by atoms with Crippen LogP contribution in [0.1, 0.15) is 92.4 Å². The molecule has 1 aliphatic rings. The zero-order chi connectivity index (χ0) is 33.2. The summed E-state index contributed by atoms with van der Waals surface area (Å²) in [5, 5.41) is 14.9. The number of hydrogen-bond donors (Lipinski definition) is 2. The van der Waals surface area contributed by atoms with E-state index >= 15 is 0 Å². The van der Waals surface area contributed by atoms with Crippen molar-refractivity contribution in [3.8, 4) is 5.75 Å². The van der Waals surface area contributed by atoms with Crippen LogP contribution in [0.25, 0.3) is 24.0 Å². The first kappa shape index (κ1) is 33.8. The lowest BCUT2D eigenvalue weighted by Gasteiger charge is -2.28. The van der Waals surface area contributed by atoms with Gasteiger partial charge in [-0.05, 0) is 90.1 Å². The number of fused-ring (bicyclic) bond motifs is 1. The van der Waals surface area contributed by atoms with Crippen LogP contribution in [0.5, 0.6) is 5.75 Å². The van der Waals surface area contributed by atoms with E-state index in [4.69, 9.17) is 16.3 Å². The van der Waals surface area contributed by atoms with Gasteiger partial charge in [0.25, 0.3) is 0 Å². The monoisotopic (exact) mass is 638 g/mol. The van der Waals surface area contributed by atoms with Crippen LogP contribution in [0.3, 0.4) is 0 Å². The number of benzene rings is 2. The van der Waals surface area contributed by atoms with Gasteiger partial charge in [-0.2, -0.15) is 13.2 Å². The minimum absolute atomic E-state index is 0.187. The van der Waals surface area contributed by atoms with Gasteiger partial charge >= 0.3 is 12.1 Å². The van der Waals surface area contributed by atoms with Crippen molar-refractivity contribution in [2.45, 2.75) is 66.6 Å². The number of aryl methyl sites for hydroxylation is 1. The fraction of sp³-hybridized carbons (Fsp3) is 0.333. The SMILES string of the molecule is C=c1c(Cl)cc(C2=C/C(=C/CC)c3cc(C(F)(F)F)cc(C(C)Nc4ccc(CC)nc4C(=O)O)c3O2)c/c1=C/C(C)C(C)C. The molecule has 2 heterocycles. The van der Waals surface area contributed by atoms with Crippen molar-refractivity contribution in [1.29, 1.82) is 0 Å². The average Bonchev–Trinajstić information content (AvgIpc) is 2.98. The van der Waals surface area contributed by atoms with Crippen molar-refractivity contribution in [2.24, 2.45) is 11.8 Å². The van der Waals surface area contributed by atoms with E-state index in [1.807, 2.05) is 26.0 Å². The van der Waals surface area contributed by atoms with Gasteiger partial charge in [0.15, 0.2) is 5.69 Å². The van der Waals surface area contributed by atoms with Crippen LogP contribution in [-0.4, -0.2) is 16.1 Å². The van der Waals surface area contributed by atoms with Crippen molar-refractivity contribution in [1.82, 2.24) is 4.98 Å². The summed E-state index contributed by atoms with van der Waals surface area (Å²) in [6, 6.07) is 8.29. The molecule has 5 nitrogen and oxygen atoms in total. The van der Waals surface area contributed by atoms with E-state index in [0.717, 1.165) is 17.4 Å². The molecule has 0 saturated heterocycles. The maximum absolute atomic E-state index is 14.2. The number of ether oxygens (including phenoxy) is 1. The molecule has 1 aliphatic heterocycles. The third-order valence-corrected chi connectivity index (χ3v) is 8.38. The molecular formula is C36H38ClF3N2O3. The maximum atomic E-state index is 14.2. The molecule has 2 atom stereocenters. The molecule has 0 radical (unpaired) electrons. The van der Waals surface area contributed by atoms with Gasteiger partial charge in [-0.3, -0.25) is 0 Å². The number of pyridine rings is 1. The van der Waals surface area contributed by atoms with Gasteiger partial charge in [0.1, 0.15) is 11.5 Å². The minimum Gasteiger partial charge on any atom is -0.476 e. The number of aromatic carboxylic acids is 1. The van der Waals surface area contributed by atoms with Gasteiger partial charge in [0, 0.05) is 27.4 Å². The molecule has 4 rings (SSSR count). The van der Waals surface area contributed by atoms with Crippen LogP contribution in [0, 0.1) is 11.8 Å². The molecular weight excluding hydrogens is 601 g/mol. The summed E-state index contributed by atoms with van der Waals surface area (Å²) < 4.78 is 49.1. The molecule has 3 aromatic rings. The summed E-state index contributed by atoms with van der Waals surface area (Å²) in [5.41, 5.74) is 1.45. The van der Waals surface area contributed by atoms with Crippen molar-refractivity contribution in [3.63, 3.8) is 0 Å². The Morgan fingerprint density at radius 3 is 2.44 bits per heavy atom. The summed E-state index contributed by atoms with van der Waals surface area (Å²) >= 11 is 6.64. The van der Waals surface area contributed by atoms with Gasteiger partial charge in [0.2, 0.25) is 0 Å². The summed E-state index contributed by atoms with van der Waals surface area (Å²) in [6.45, 7) is 15.9. The molecule has 2 unspecified atom stereocenters. The first-order valence-electron chi connectivity index (χ1n) is 15.0. The fourth-order valence-electron chi connectivity index (χ4n) is 5.07. The lowest BCUT2D eigenvalue weighted by Crippen LogP contribution is -2.27. The van der Waals surface area contributed by atoms with E-state index < -0.39 is 23.8 Å². The average molecular weight is 639 g/mol. The summed E-state index contributed by atoms with van der Waals surface area (Å²) in [6.07, 6.45) is 2.16. The lowest BCUT2D eigenvalue weighted by molar-refractivity contribution is -0.137. The van der Waals surface area contributed by atoms with Gasteiger partial charge < -0.3 is 15.2 Å². The Hall–Kier alpha value is -4.04. The van der Waals surface area contributed by atoms with Crippen LogP contribution in [-0.2, 0) is 12.6 Å². The first-order valence-corrected chi connectivity index (χ1v) is 15.4. The van der Waals surface area contributed by atoms with Crippen LogP contribution >= 0.6 is 11.6 Å². The Kier molecular flexibility index (Phi) is 10.2. The highest BCUT2D eigenvalue weighted by Crippen LogP contribution is 2.45. The molecule has 2 aromatic carbocycles. The normalized spacial score (nSPS) is 15.8. The third kappa shape index (κ3) is 7.44. The standard InChI is InChI=1S/C36H38ClF3N2O3/c1-8-10-23-16-32(25-14-24(13-20(5)19(3)4)21(6)30(37)15-25)45-34-28(17-26(18-29(23)34)36(38,39)40)22(7)41-31-12-11-27(9-2)42-33(31)35(43)44/h10-20,22,41H,6,8-9H2,1-5,7H3,(H,43,44)/b23-10-,24-13-. The summed E-state index contributed by atoms with van der Waals surface area (Å²) in [5.74, 6) is 0.0453. The number of nitrogens with one attached hydrogen (secondary N) is 1. The third-order valence-electron chi connectivity index (χ3n) is 8.04. The van der Waals surface area contributed by atoms with Gasteiger partial charge in [-0.1, -0.05) is 65.0 Å². The number of rotatable bonds is 9. The predicted octanol–water partition coefficient (Wildman–Crippen LogP) is 8.90. The van der Waals surface area contributed by atoms with E-state index in [1.165, 1.54) is 0 Å². The highest BCUT2D eigenvalue weighted by molar-refractivity contribution is 6.30. The van der Waals surface area contributed by atoms with Crippen molar-refractivity contribution in [2.75, 3.05) is 5.32 Å². The molecule has 238 valence electrons. The smallest absolute Gasteiger partial charge is 0.416 e. The Morgan fingerprint density at radius 2 is 1.84 bits per heavy atom. The number of alkyl halides is 3. The van der Waals surface area contributed by atoms with Crippen molar-refractivity contribution >= 4 is 47.2 Å². The van der Waals surface area contributed by atoms with E-state index in [9.17, 15) is 23.1 Å². The van der Waals surface area contributed by atoms with E-state index in [-0.39, 0.29) is 34.2 Å². The number of aromatic nitrogens is 1. The van der Waals surface area contributed by atoms with Crippen LogP contribution in [0.15, 0.2) is 48.6 Å². The van der Waals surface area contributed by atoms with Crippen molar-refractivity contribution in [3.05, 3.63) is 97.7 Å². The lowest BCUT2D eigenvalue weighted by atomic mass is 9.91. The maximum Gasteiger partial charge on any atom is 0.416 e. The molecule has 0 bridgehead atoms. The molecule has 0 fully saturated rings. The van der Waals surface area contributed by atoms with E-state index in [0.29, 0.717) is 51.6 Å². The number of hydrogen-bond acceptors (Lipinski definition) is 4. The summed E-state index contributed by atoms with van der Waals surface area (Å²) in [4.78, 5) is 16.2. The number of halogens is 4.